The predicted molar refractivity (Wildman–Crippen MR) is 104 cm³/mol. The number of hydrogen-bond acceptors (Lipinski definition) is 3. The molecule has 2 aromatic rings. The molecule has 2 N–H and O–H groups in total. The number of rotatable bonds is 10. The van der Waals surface area contributed by atoms with Gasteiger partial charge in [-0.1, -0.05) is 59.1 Å². The molecule has 0 spiro atoms. The van der Waals surface area contributed by atoms with Gasteiger partial charge in [0.05, 0.1) is 4.90 Å². The van der Waals surface area contributed by atoms with Crippen molar-refractivity contribution in [2.24, 2.45) is 0 Å². The van der Waals surface area contributed by atoms with Crippen molar-refractivity contribution < 1.29 is 18.3 Å². The zero-order valence-electron chi connectivity index (χ0n) is 14.3. The lowest BCUT2D eigenvalue weighted by molar-refractivity contribution is -0.137. The van der Waals surface area contributed by atoms with Crippen molar-refractivity contribution in [3.63, 3.8) is 0 Å². The molecule has 5 nitrogen and oxygen atoms in total. The maximum absolute atomic E-state index is 12.7. The summed E-state index contributed by atoms with van der Waals surface area (Å²) in [5, 5.41) is 8.70. The summed E-state index contributed by atoms with van der Waals surface area (Å²) in [7, 11) is -3.65. The highest BCUT2D eigenvalue weighted by Crippen LogP contribution is 2.23. The SMILES string of the molecule is O=C(O)CCCCCC(NS(=O)(=O)c1ccc(Br)cc1)c1ccccc1. The molecule has 0 bridgehead atoms. The number of nitrogens with one attached hydrogen (secondary N) is 1. The van der Waals surface area contributed by atoms with Crippen LogP contribution in [0.15, 0.2) is 64.0 Å². The molecule has 1 unspecified atom stereocenters. The van der Waals surface area contributed by atoms with Gasteiger partial charge < -0.3 is 5.11 Å². The van der Waals surface area contributed by atoms with Crippen LogP contribution in [0.1, 0.15) is 43.7 Å². The molecular weight excluding hydrogens is 418 g/mol. The van der Waals surface area contributed by atoms with Crippen LogP contribution in [0.5, 0.6) is 0 Å². The topological polar surface area (TPSA) is 83.5 Å². The molecule has 0 radical (unpaired) electrons. The van der Waals surface area contributed by atoms with Crippen molar-refractivity contribution in [1.82, 2.24) is 4.72 Å². The van der Waals surface area contributed by atoms with Crippen molar-refractivity contribution in [1.29, 1.82) is 0 Å². The van der Waals surface area contributed by atoms with Gasteiger partial charge in [-0.05, 0) is 42.7 Å². The highest BCUT2D eigenvalue weighted by Gasteiger charge is 2.21. The zero-order valence-corrected chi connectivity index (χ0v) is 16.7. The van der Waals surface area contributed by atoms with Gasteiger partial charge in [0.15, 0.2) is 0 Å². The maximum atomic E-state index is 12.7. The Bertz CT molecular complexity index is 807. The molecule has 26 heavy (non-hydrogen) atoms. The Labute approximate surface area is 162 Å². The molecule has 0 saturated carbocycles. The van der Waals surface area contributed by atoms with Gasteiger partial charge in [0.2, 0.25) is 10.0 Å². The lowest BCUT2D eigenvalue weighted by atomic mass is 10.0. The quantitative estimate of drug-likeness (QED) is 0.533. The van der Waals surface area contributed by atoms with E-state index in [-0.39, 0.29) is 17.4 Å². The van der Waals surface area contributed by atoms with Crippen molar-refractivity contribution in [2.75, 3.05) is 0 Å². The van der Waals surface area contributed by atoms with Gasteiger partial charge in [-0.2, -0.15) is 0 Å². The first-order valence-corrected chi connectivity index (χ1v) is 10.7. The van der Waals surface area contributed by atoms with Crippen molar-refractivity contribution in [3.8, 4) is 0 Å². The maximum Gasteiger partial charge on any atom is 0.303 e. The number of carboxylic acids is 1. The van der Waals surface area contributed by atoms with Gasteiger partial charge in [0.25, 0.3) is 0 Å². The molecule has 0 fully saturated rings. The third-order valence-corrected chi connectivity index (χ3v) is 6.02. The molecule has 0 aromatic heterocycles. The van der Waals surface area contributed by atoms with E-state index in [1.165, 1.54) is 0 Å². The summed E-state index contributed by atoms with van der Waals surface area (Å²) in [5.74, 6) is -0.805. The van der Waals surface area contributed by atoms with Crippen LogP contribution in [0.4, 0.5) is 0 Å². The van der Waals surface area contributed by atoms with Crippen LogP contribution in [0.2, 0.25) is 0 Å². The third kappa shape index (κ3) is 6.55. The van der Waals surface area contributed by atoms with Gasteiger partial charge in [-0.3, -0.25) is 4.79 Å². The standard InChI is InChI=1S/C19H22BrNO4S/c20-16-11-13-17(14-12-16)26(24,25)21-18(15-7-3-1-4-8-15)9-5-2-6-10-19(22)23/h1,3-4,7-8,11-14,18,21H,2,5-6,9-10H2,(H,22,23). The van der Waals surface area contributed by atoms with Crippen LogP contribution in [-0.2, 0) is 14.8 Å². The molecule has 2 rings (SSSR count). The summed E-state index contributed by atoms with van der Waals surface area (Å²) < 4.78 is 29.0. The van der Waals surface area contributed by atoms with Crippen LogP contribution in [-0.4, -0.2) is 19.5 Å². The summed E-state index contributed by atoms with van der Waals surface area (Å²) in [6, 6.07) is 15.6. The summed E-state index contributed by atoms with van der Waals surface area (Å²) in [6.07, 6.45) is 2.83. The van der Waals surface area contributed by atoms with E-state index in [4.69, 9.17) is 5.11 Å². The van der Waals surface area contributed by atoms with E-state index in [2.05, 4.69) is 20.7 Å². The van der Waals surface area contributed by atoms with Crippen LogP contribution >= 0.6 is 15.9 Å². The number of sulfonamides is 1. The van der Waals surface area contributed by atoms with E-state index in [0.29, 0.717) is 12.8 Å². The second-order valence-electron chi connectivity index (χ2n) is 6.03. The number of carbonyl (C=O) groups is 1. The minimum absolute atomic E-state index is 0.140. The van der Waals surface area contributed by atoms with Gasteiger partial charge in [-0.25, -0.2) is 13.1 Å². The van der Waals surface area contributed by atoms with E-state index in [9.17, 15) is 13.2 Å². The van der Waals surface area contributed by atoms with Crippen molar-refractivity contribution in [2.45, 2.75) is 43.0 Å². The van der Waals surface area contributed by atoms with Crippen LogP contribution < -0.4 is 4.72 Å². The highest BCUT2D eigenvalue weighted by molar-refractivity contribution is 9.10. The molecule has 0 amide bonds. The number of aliphatic carboxylic acids is 1. The minimum Gasteiger partial charge on any atom is -0.481 e. The molecule has 0 heterocycles. The van der Waals surface area contributed by atoms with Gasteiger partial charge in [0, 0.05) is 16.9 Å². The number of unbranched alkanes of at least 4 members (excludes halogenated alkanes) is 2. The largest absolute Gasteiger partial charge is 0.481 e. The van der Waals surface area contributed by atoms with Crippen LogP contribution in [0.3, 0.4) is 0 Å². The third-order valence-electron chi connectivity index (χ3n) is 4.01. The molecule has 0 saturated heterocycles. The number of carboxylic acid groups (broad SMARTS) is 1. The van der Waals surface area contributed by atoms with Gasteiger partial charge >= 0.3 is 5.97 Å². The van der Waals surface area contributed by atoms with E-state index >= 15 is 0 Å². The highest BCUT2D eigenvalue weighted by atomic mass is 79.9. The molecule has 7 heteroatoms. The lowest BCUT2D eigenvalue weighted by Gasteiger charge is -2.19. The fourth-order valence-corrected chi connectivity index (χ4v) is 4.17. The summed E-state index contributed by atoms with van der Waals surface area (Å²) in [5.41, 5.74) is 0.895. The first-order valence-electron chi connectivity index (χ1n) is 8.43. The lowest BCUT2D eigenvalue weighted by Crippen LogP contribution is -2.28. The molecular formula is C19H22BrNO4S. The Kier molecular flexibility index (Phi) is 7.81. The number of halogens is 1. The smallest absolute Gasteiger partial charge is 0.303 e. The average Bonchev–Trinajstić information content (AvgIpc) is 2.61. The Morgan fingerprint density at radius 2 is 1.65 bits per heavy atom. The van der Waals surface area contributed by atoms with Gasteiger partial charge in [0.1, 0.15) is 0 Å². The molecule has 0 aliphatic heterocycles. The second kappa shape index (κ2) is 9.85. The monoisotopic (exact) mass is 439 g/mol. The van der Waals surface area contributed by atoms with Crippen molar-refractivity contribution in [3.05, 3.63) is 64.6 Å². The number of hydrogen-bond donors (Lipinski definition) is 2. The first-order chi connectivity index (χ1) is 12.4. The Balaban J connectivity index is 2.08. The fraction of sp³-hybridized carbons (Fsp3) is 0.316. The molecule has 2 aromatic carbocycles. The Hall–Kier alpha value is -1.70. The molecule has 0 aliphatic rings. The average molecular weight is 440 g/mol. The predicted octanol–water partition coefficient (Wildman–Crippen LogP) is 4.50. The second-order valence-corrected chi connectivity index (χ2v) is 8.66. The Morgan fingerprint density at radius 3 is 2.27 bits per heavy atom. The van der Waals surface area contributed by atoms with Crippen LogP contribution in [0.25, 0.3) is 0 Å². The minimum atomic E-state index is -3.65. The first kappa shape index (κ1) is 20.6. The van der Waals surface area contributed by atoms with E-state index < -0.39 is 16.0 Å². The Morgan fingerprint density at radius 1 is 1.00 bits per heavy atom. The van der Waals surface area contributed by atoms with Gasteiger partial charge in [-0.15, -0.1) is 0 Å². The summed E-state index contributed by atoms with van der Waals surface area (Å²) in [6.45, 7) is 0. The summed E-state index contributed by atoms with van der Waals surface area (Å²) >= 11 is 3.30. The van der Waals surface area contributed by atoms with E-state index in [1.807, 2.05) is 30.3 Å². The van der Waals surface area contributed by atoms with Crippen molar-refractivity contribution >= 4 is 31.9 Å². The van der Waals surface area contributed by atoms with E-state index in [0.717, 1.165) is 22.9 Å². The van der Waals surface area contributed by atoms with E-state index in [1.54, 1.807) is 24.3 Å². The normalized spacial score (nSPS) is 12.7. The zero-order chi connectivity index (χ0) is 19.0. The molecule has 140 valence electrons. The van der Waals surface area contributed by atoms with Crippen LogP contribution in [0, 0.1) is 0 Å². The summed E-state index contributed by atoms with van der Waals surface area (Å²) in [4.78, 5) is 10.8. The number of benzene rings is 2. The molecule has 1 atom stereocenters. The molecule has 0 aliphatic carbocycles. The fourth-order valence-electron chi connectivity index (χ4n) is 2.65.